The molecular formula is C23H26N4O2. The first kappa shape index (κ1) is 19.2. The Morgan fingerprint density at radius 1 is 1.21 bits per heavy atom. The molecule has 0 atom stereocenters. The van der Waals surface area contributed by atoms with Crippen molar-refractivity contribution >= 4 is 11.6 Å². The summed E-state index contributed by atoms with van der Waals surface area (Å²) < 4.78 is 7.18. The first-order valence-electron chi connectivity index (χ1n) is 9.89. The molecule has 6 heteroatoms. The van der Waals surface area contributed by atoms with Crippen LogP contribution in [0.3, 0.4) is 0 Å². The second-order valence-corrected chi connectivity index (χ2v) is 7.44. The number of aryl methyl sites for hydroxylation is 1. The highest BCUT2D eigenvalue weighted by Gasteiger charge is 2.23. The fraction of sp³-hybridized carbons (Fsp3) is 0.304. The van der Waals surface area contributed by atoms with Crippen molar-refractivity contribution < 1.29 is 9.53 Å². The minimum absolute atomic E-state index is 0.120. The van der Waals surface area contributed by atoms with Gasteiger partial charge in [0.05, 0.1) is 25.5 Å². The van der Waals surface area contributed by atoms with Gasteiger partial charge in [-0.25, -0.2) is 4.68 Å². The lowest BCUT2D eigenvalue weighted by molar-refractivity contribution is -0.119. The number of likely N-dealkylation sites (N-methyl/N-ethyl adjacent to an activating group) is 1. The highest BCUT2D eigenvalue weighted by Crippen LogP contribution is 2.30. The van der Waals surface area contributed by atoms with Gasteiger partial charge in [-0.3, -0.25) is 9.69 Å². The molecular weight excluding hydrogens is 364 g/mol. The maximum Gasteiger partial charge on any atom is 0.241 e. The Morgan fingerprint density at radius 2 is 2.03 bits per heavy atom. The summed E-state index contributed by atoms with van der Waals surface area (Å²) in [6.45, 7) is 1.79. The first-order chi connectivity index (χ1) is 14.1. The molecule has 0 spiro atoms. The molecule has 29 heavy (non-hydrogen) atoms. The van der Waals surface area contributed by atoms with E-state index in [-0.39, 0.29) is 5.91 Å². The van der Waals surface area contributed by atoms with Gasteiger partial charge in [-0.15, -0.1) is 0 Å². The quantitative estimate of drug-likeness (QED) is 0.648. The van der Waals surface area contributed by atoms with Gasteiger partial charge in [-0.05, 0) is 55.8 Å². The maximum atomic E-state index is 13.0. The molecule has 0 N–H and O–H groups in total. The number of rotatable bonds is 6. The number of methoxy groups -OCH3 is 1. The van der Waals surface area contributed by atoms with Crippen molar-refractivity contribution in [2.45, 2.75) is 19.4 Å². The van der Waals surface area contributed by atoms with Gasteiger partial charge >= 0.3 is 0 Å². The lowest BCUT2D eigenvalue weighted by Gasteiger charge is -2.31. The average Bonchev–Trinajstić information content (AvgIpc) is 3.21. The molecule has 1 aromatic heterocycles. The molecule has 0 saturated carbocycles. The van der Waals surface area contributed by atoms with Crippen LogP contribution in [0.4, 0.5) is 5.69 Å². The van der Waals surface area contributed by atoms with Gasteiger partial charge in [-0.2, -0.15) is 5.10 Å². The van der Waals surface area contributed by atoms with E-state index >= 15 is 0 Å². The standard InChI is InChI=1S/C23H26N4O2/c1-25(15-18-14-24-27(16-18)20-8-4-3-5-9-20)17-23(28)26-12-6-7-19-13-21(29-2)10-11-22(19)26/h3-5,8-11,13-14,16H,6-7,12,15,17H2,1-2H3. The second kappa shape index (κ2) is 8.49. The normalized spacial score (nSPS) is 13.4. The summed E-state index contributed by atoms with van der Waals surface area (Å²) in [6, 6.07) is 16.0. The zero-order valence-corrected chi connectivity index (χ0v) is 16.9. The number of benzene rings is 2. The highest BCUT2D eigenvalue weighted by atomic mass is 16.5. The molecule has 2 aromatic carbocycles. The summed E-state index contributed by atoms with van der Waals surface area (Å²) in [5.41, 5.74) is 4.29. The van der Waals surface area contributed by atoms with E-state index < -0.39 is 0 Å². The number of carbonyl (C=O) groups is 1. The van der Waals surface area contributed by atoms with E-state index in [2.05, 4.69) is 5.10 Å². The fourth-order valence-corrected chi connectivity index (χ4v) is 3.81. The number of anilines is 1. The van der Waals surface area contributed by atoms with Crippen LogP contribution in [0.15, 0.2) is 60.9 Å². The summed E-state index contributed by atoms with van der Waals surface area (Å²) in [5, 5.41) is 4.44. The van der Waals surface area contributed by atoms with E-state index in [1.165, 1.54) is 5.56 Å². The SMILES string of the molecule is COc1ccc2c(c1)CCCN2C(=O)CN(C)Cc1cnn(-c2ccccc2)c1. The monoisotopic (exact) mass is 390 g/mol. The van der Waals surface area contributed by atoms with E-state index in [9.17, 15) is 4.79 Å². The molecule has 1 amide bonds. The lowest BCUT2D eigenvalue weighted by Crippen LogP contribution is -2.41. The molecule has 150 valence electrons. The second-order valence-electron chi connectivity index (χ2n) is 7.44. The van der Waals surface area contributed by atoms with Gasteiger partial charge < -0.3 is 9.64 Å². The van der Waals surface area contributed by atoms with Crippen LogP contribution < -0.4 is 9.64 Å². The topological polar surface area (TPSA) is 50.6 Å². The molecule has 0 radical (unpaired) electrons. The van der Waals surface area contributed by atoms with Crippen molar-refractivity contribution in [3.05, 3.63) is 72.1 Å². The minimum Gasteiger partial charge on any atom is -0.497 e. The van der Waals surface area contributed by atoms with Crippen molar-refractivity contribution in [3.63, 3.8) is 0 Å². The summed E-state index contributed by atoms with van der Waals surface area (Å²) in [5.74, 6) is 0.958. The average molecular weight is 390 g/mol. The van der Waals surface area contributed by atoms with E-state index in [0.29, 0.717) is 13.1 Å². The number of para-hydroxylation sites is 1. The molecule has 1 aliphatic heterocycles. The molecule has 0 fully saturated rings. The Morgan fingerprint density at radius 3 is 2.83 bits per heavy atom. The molecule has 6 nitrogen and oxygen atoms in total. The Labute approximate surface area is 171 Å². The Kier molecular flexibility index (Phi) is 5.62. The number of aromatic nitrogens is 2. The Bertz CT molecular complexity index is 984. The number of carbonyl (C=O) groups excluding carboxylic acids is 1. The van der Waals surface area contributed by atoms with Gasteiger partial charge in [0.1, 0.15) is 5.75 Å². The summed E-state index contributed by atoms with van der Waals surface area (Å²) in [6.07, 6.45) is 5.82. The van der Waals surface area contributed by atoms with E-state index in [1.807, 2.05) is 82.5 Å². The number of nitrogens with zero attached hydrogens (tertiary/aromatic N) is 4. The van der Waals surface area contributed by atoms with E-state index in [0.717, 1.165) is 42.1 Å². The first-order valence-corrected chi connectivity index (χ1v) is 9.89. The predicted molar refractivity (Wildman–Crippen MR) is 114 cm³/mol. The molecule has 2 heterocycles. The Balaban J connectivity index is 1.40. The van der Waals surface area contributed by atoms with Crippen LogP contribution in [-0.4, -0.2) is 47.8 Å². The van der Waals surface area contributed by atoms with Crippen molar-refractivity contribution in [1.29, 1.82) is 0 Å². The van der Waals surface area contributed by atoms with Crippen LogP contribution >= 0.6 is 0 Å². The molecule has 0 saturated heterocycles. The maximum absolute atomic E-state index is 13.0. The number of hydrogen-bond acceptors (Lipinski definition) is 4. The molecule has 3 aromatic rings. The van der Waals surface area contributed by atoms with Crippen molar-refractivity contribution in [2.24, 2.45) is 0 Å². The summed E-state index contributed by atoms with van der Waals surface area (Å²) in [7, 11) is 3.64. The molecule has 0 bridgehead atoms. The van der Waals surface area contributed by atoms with Crippen LogP contribution in [0.5, 0.6) is 5.75 Å². The molecule has 0 aliphatic carbocycles. The molecule has 1 aliphatic rings. The van der Waals surface area contributed by atoms with Crippen LogP contribution in [0.2, 0.25) is 0 Å². The van der Waals surface area contributed by atoms with Crippen molar-refractivity contribution in [2.75, 3.05) is 32.1 Å². The van der Waals surface area contributed by atoms with Crippen LogP contribution in [0, 0.1) is 0 Å². The summed E-state index contributed by atoms with van der Waals surface area (Å²) in [4.78, 5) is 16.9. The third-order valence-electron chi connectivity index (χ3n) is 5.22. The predicted octanol–water partition coefficient (Wildman–Crippen LogP) is 3.29. The van der Waals surface area contributed by atoms with Gasteiger partial charge in [0.25, 0.3) is 0 Å². The van der Waals surface area contributed by atoms with E-state index in [1.54, 1.807) is 7.11 Å². The van der Waals surface area contributed by atoms with E-state index in [4.69, 9.17) is 4.74 Å². The number of hydrogen-bond donors (Lipinski definition) is 0. The third-order valence-corrected chi connectivity index (χ3v) is 5.22. The van der Waals surface area contributed by atoms with Crippen molar-refractivity contribution in [1.82, 2.24) is 14.7 Å². The molecule has 0 unspecified atom stereocenters. The van der Waals surface area contributed by atoms with Crippen LogP contribution in [-0.2, 0) is 17.8 Å². The van der Waals surface area contributed by atoms with Crippen LogP contribution in [0.25, 0.3) is 5.69 Å². The highest BCUT2D eigenvalue weighted by molar-refractivity contribution is 5.96. The third kappa shape index (κ3) is 4.32. The number of fused-ring (bicyclic) bond motifs is 1. The number of amides is 1. The van der Waals surface area contributed by atoms with Gasteiger partial charge in [0.2, 0.25) is 5.91 Å². The molecule has 4 rings (SSSR count). The smallest absolute Gasteiger partial charge is 0.241 e. The van der Waals surface area contributed by atoms with Gasteiger partial charge in [0, 0.05) is 30.5 Å². The summed E-state index contributed by atoms with van der Waals surface area (Å²) >= 11 is 0. The minimum atomic E-state index is 0.120. The zero-order chi connectivity index (χ0) is 20.2. The zero-order valence-electron chi connectivity index (χ0n) is 16.9. The number of ether oxygens (including phenoxy) is 1. The van der Waals surface area contributed by atoms with Crippen LogP contribution in [0.1, 0.15) is 17.5 Å². The largest absolute Gasteiger partial charge is 0.497 e. The van der Waals surface area contributed by atoms with Gasteiger partial charge in [0.15, 0.2) is 0 Å². The van der Waals surface area contributed by atoms with Gasteiger partial charge in [-0.1, -0.05) is 18.2 Å². The lowest BCUT2D eigenvalue weighted by atomic mass is 10.0. The fourth-order valence-electron chi connectivity index (χ4n) is 3.81. The Hall–Kier alpha value is -3.12. The van der Waals surface area contributed by atoms with Crippen molar-refractivity contribution in [3.8, 4) is 11.4 Å².